The van der Waals surface area contributed by atoms with E-state index in [2.05, 4.69) is 30.5 Å². The molecule has 0 aliphatic rings. The van der Waals surface area contributed by atoms with Crippen LogP contribution in [0.25, 0.3) is 0 Å². The summed E-state index contributed by atoms with van der Waals surface area (Å²) in [4.78, 5) is 22.2. The fourth-order valence-electron chi connectivity index (χ4n) is 3.65. The Morgan fingerprint density at radius 2 is 1.61 bits per heavy atom. The van der Waals surface area contributed by atoms with E-state index < -0.39 is 97.3 Å². The number of nitrogens with zero attached hydrogens (tertiary/aromatic N) is 6. The third-order valence-electron chi connectivity index (χ3n) is 5.47. The van der Waals surface area contributed by atoms with Crippen LogP contribution in [0.1, 0.15) is 31.9 Å². The molecule has 2 heterocycles. The maximum Gasteiger partial charge on any atom is 0.322 e. The minimum atomic E-state index is -5.23. The van der Waals surface area contributed by atoms with Crippen molar-refractivity contribution in [2.24, 2.45) is 10.2 Å². The lowest BCUT2D eigenvalue weighted by molar-refractivity contribution is 0.222. The third kappa shape index (κ3) is 8.22. The number of azo groups is 1. The molecule has 0 spiro atoms. The van der Waals surface area contributed by atoms with Gasteiger partial charge in [-0.1, -0.05) is 0 Å². The zero-order valence-corrected chi connectivity index (χ0v) is 26.2. The van der Waals surface area contributed by atoms with Crippen molar-refractivity contribution in [3.8, 4) is 11.9 Å². The SMILES string of the molecule is CCn1c(O)c(CS(=O)(=O)O)c(C)c(N=Nc2cc(S(=O)(=O)O)c(Nc3nc(Cl)nc(OC(C)C)n3)cc2S(=O)(=O)O)c1=O. The van der Waals surface area contributed by atoms with Crippen LogP contribution >= 0.6 is 11.6 Å². The van der Waals surface area contributed by atoms with Crippen molar-refractivity contribution in [1.29, 1.82) is 0 Å². The van der Waals surface area contributed by atoms with Crippen molar-refractivity contribution in [2.75, 3.05) is 5.32 Å². The van der Waals surface area contributed by atoms with Gasteiger partial charge in [0, 0.05) is 12.1 Å². The van der Waals surface area contributed by atoms with Crippen LogP contribution in [-0.2, 0) is 42.7 Å². The van der Waals surface area contributed by atoms with Gasteiger partial charge in [0.25, 0.3) is 35.9 Å². The van der Waals surface area contributed by atoms with E-state index in [0.717, 1.165) is 6.92 Å². The smallest absolute Gasteiger partial charge is 0.322 e. The fourth-order valence-corrected chi connectivity index (χ4v) is 5.79. The molecule has 0 bridgehead atoms. The average Bonchev–Trinajstić information content (AvgIpc) is 2.84. The van der Waals surface area contributed by atoms with Gasteiger partial charge in [-0.3, -0.25) is 23.0 Å². The number of aromatic nitrogens is 4. The Kier molecular flexibility index (Phi) is 9.99. The monoisotopic (exact) mass is 697 g/mol. The summed E-state index contributed by atoms with van der Waals surface area (Å²) in [5.41, 5.74) is -3.99. The highest BCUT2D eigenvalue weighted by atomic mass is 35.5. The zero-order chi connectivity index (χ0) is 33.4. The topological polar surface area (TPSA) is 290 Å². The van der Waals surface area contributed by atoms with Crippen molar-refractivity contribution in [3.05, 3.63) is 38.9 Å². The molecule has 44 heavy (non-hydrogen) atoms. The van der Waals surface area contributed by atoms with Crippen LogP contribution in [-0.4, -0.2) is 69.6 Å². The summed E-state index contributed by atoms with van der Waals surface area (Å²) in [7, 11) is -15.1. The van der Waals surface area contributed by atoms with Gasteiger partial charge < -0.3 is 15.2 Å². The quantitative estimate of drug-likeness (QED) is 0.142. The first-order valence-electron chi connectivity index (χ1n) is 11.9. The summed E-state index contributed by atoms with van der Waals surface area (Å²) in [6.45, 7) is 5.62. The van der Waals surface area contributed by atoms with Crippen molar-refractivity contribution in [2.45, 2.75) is 55.9 Å². The molecule has 0 saturated heterocycles. The van der Waals surface area contributed by atoms with Crippen LogP contribution in [0.15, 0.2) is 36.9 Å². The molecule has 3 aromatic rings. The highest BCUT2D eigenvalue weighted by Crippen LogP contribution is 2.36. The molecule has 0 aliphatic carbocycles. The Labute approximate surface area is 254 Å². The van der Waals surface area contributed by atoms with Crippen LogP contribution in [0.2, 0.25) is 5.28 Å². The number of pyridine rings is 1. The van der Waals surface area contributed by atoms with Crippen molar-refractivity contribution in [1.82, 2.24) is 19.5 Å². The number of hydrogen-bond donors (Lipinski definition) is 5. The summed E-state index contributed by atoms with van der Waals surface area (Å²) >= 11 is 5.86. The lowest BCUT2D eigenvalue weighted by Crippen LogP contribution is -2.22. The lowest BCUT2D eigenvalue weighted by Gasteiger charge is -2.15. The molecule has 1 aromatic carbocycles. The van der Waals surface area contributed by atoms with Crippen LogP contribution in [0, 0.1) is 6.92 Å². The molecule has 5 N–H and O–H groups in total. The van der Waals surface area contributed by atoms with Gasteiger partial charge in [-0.2, -0.15) is 40.2 Å². The van der Waals surface area contributed by atoms with E-state index in [1.54, 1.807) is 13.8 Å². The van der Waals surface area contributed by atoms with Crippen LogP contribution < -0.4 is 15.6 Å². The second-order valence-corrected chi connectivity index (χ2v) is 13.6. The van der Waals surface area contributed by atoms with Gasteiger partial charge in [-0.15, -0.1) is 10.2 Å². The molecule has 0 atom stereocenters. The van der Waals surface area contributed by atoms with E-state index >= 15 is 0 Å². The van der Waals surface area contributed by atoms with Gasteiger partial charge in [0.2, 0.25) is 11.2 Å². The summed E-state index contributed by atoms with van der Waals surface area (Å²) in [6, 6.07) is 0.712. The number of anilines is 2. The molecule has 3 rings (SSSR count). The molecule has 19 nitrogen and oxygen atoms in total. The first-order valence-corrected chi connectivity index (χ1v) is 16.8. The molecule has 0 aliphatic heterocycles. The van der Waals surface area contributed by atoms with Crippen LogP contribution in [0.3, 0.4) is 0 Å². The number of halogens is 1. The third-order valence-corrected chi connectivity index (χ3v) is 8.07. The Morgan fingerprint density at radius 1 is 1.00 bits per heavy atom. The number of aromatic hydroxyl groups is 1. The van der Waals surface area contributed by atoms with Gasteiger partial charge >= 0.3 is 6.01 Å². The van der Waals surface area contributed by atoms with Crippen LogP contribution in [0.4, 0.5) is 23.0 Å². The molecule has 0 unspecified atom stereocenters. The number of ether oxygens (including phenoxy) is 1. The maximum absolute atomic E-state index is 13.0. The maximum atomic E-state index is 13.0. The lowest BCUT2D eigenvalue weighted by atomic mass is 10.1. The van der Waals surface area contributed by atoms with Crippen LogP contribution in [0.5, 0.6) is 11.9 Å². The van der Waals surface area contributed by atoms with E-state index in [4.69, 9.17) is 16.3 Å². The Bertz CT molecular complexity index is 2050. The van der Waals surface area contributed by atoms with E-state index in [9.17, 15) is 48.8 Å². The zero-order valence-electron chi connectivity index (χ0n) is 23.0. The van der Waals surface area contributed by atoms with Gasteiger partial charge in [0.1, 0.15) is 21.2 Å². The molecule has 23 heteroatoms. The van der Waals surface area contributed by atoms with E-state index in [1.165, 1.54) is 6.92 Å². The number of hydrogen-bond acceptors (Lipinski definition) is 15. The largest absolute Gasteiger partial charge is 0.494 e. The molecular weight excluding hydrogens is 674 g/mol. The second kappa shape index (κ2) is 12.7. The summed E-state index contributed by atoms with van der Waals surface area (Å²) in [5.74, 6) is -2.40. The van der Waals surface area contributed by atoms with E-state index in [1.807, 2.05) is 0 Å². The number of benzene rings is 1. The Morgan fingerprint density at radius 3 is 2.14 bits per heavy atom. The summed E-state index contributed by atoms with van der Waals surface area (Å²) in [6.07, 6.45) is -0.423. The number of rotatable bonds is 11. The van der Waals surface area contributed by atoms with E-state index in [-0.39, 0.29) is 18.1 Å². The minimum Gasteiger partial charge on any atom is -0.494 e. The normalized spacial score (nSPS) is 12.7. The summed E-state index contributed by atoms with van der Waals surface area (Å²) in [5, 5.41) is 19.6. The van der Waals surface area contributed by atoms with Crippen molar-refractivity contribution >= 4 is 65.0 Å². The molecule has 0 amide bonds. The average molecular weight is 698 g/mol. The van der Waals surface area contributed by atoms with Crippen molar-refractivity contribution < 1.29 is 48.8 Å². The predicted molar refractivity (Wildman–Crippen MR) is 152 cm³/mol. The van der Waals surface area contributed by atoms with Gasteiger partial charge in [0.15, 0.2) is 11.6 Å². The van der Waals surface area contributed by atoms with Gasteiger partial charge in [-0.05, 0) is 57.0 Å². The highest BCUT2D eigenvalue weighted by Gasteiger charge is 2.27. The number of nitrogens with one attached hydrogen (secondary N) is 1. The fraction of sp³-hybridized carbons (Fsp3) is 0.333. The Balaban J connectivity index is 2.29. The second-order valence-electron chi connectivity index (χ2n) is 9.02. The summed E-state index contributed by atoms with van der Waals surface area (Å²) < 4.78 is 107. The van der Waals surface area contributed by atoms with Gasteiger partial charge in [-0.25, -0.2) is 0 Å². The first kappa shape index (κ1) is 34.7. The standard InChI is InChI=1S/C21H24ClN7O12S3/c1-5-29-17(30)11(8-42(32,33)34)10(4)16(18(29)31)28-27-13-7-14(43(35,36)37)12(6-15(13)44(38,39)40)23-20-24-19(22)25-21(26-20)41-9(2)3/h6-7,9,30H,5,8H2,1-4H3,(H,32,33,34)(H,35,36,37)(H,38,39,40)(H,23,24,25,26). The highest BCUT2D eigenvalue weighted by molar-refractivity contribution is 7.86. The first-order chi connectivity index (χ1) is 20.1. The molecule has 240 valence electrons. The van der Waals surface area contributed by atoms with E-state index in [0.29, 0.717) is 16.7 Å². The van der Waals surface area contributed by atoms with Crippen molar-refractivity contribution in [3.63, 3.8) is 0 Å². The molecule has 2 aromatic heterocycles. The Hall–Kier alpha value is -3.80. The minimum absolute atomic E-state index is 0.208. The molecule has 0 fully saturated rings. The van der Waals surface area contributed by atoms with Gasteiger partial charge in [0.05, 0.1) is 11.8 Å². The molecular formula is C21H24ClN7O12S3. The molecule has 0 radical (unpaired) electrons. The predicted octanol–water partition coefficient (Wildman–Crippen LogP) is 2.55. The molecule has 0 saturated carbocycles.